The molecule has 1 aromatic rings. The summed E-state index contributed by atoms with van der Waals surface area (Å²) in [6.07, 6.45) is 3.97. The number of piperidine rings is 1. The normalized spacial score (nSPS) is 21.7. The summed E-state index contributed by atoms with van der Waals surface area (Å²) in [4.78, 5) is 6.23. The van der Waals surface area contributed by atoms with Gasteiger partial charge in [0, 0.05) is 31.6 Å². The number of pyridine rings is 1. The number of halogens is 1. The van der Waals surface area contributed by atoms with Gasteiger partial charge in [-0.25, -0.2) is 4.98 Å². The molecular formula is C11H15ClN2O. The van der Waals surface area contributed by atoms with Gasteiger partial charge in [-0.15, -0.1) is 0 Å². The second-order valence-corrected chi connectivity index (χ2v) is 4.36. The van der Waals surface area contributed by atoms with Gasteiger partial charge < -0.3 is 10.0 Å². The van der Waals surface area contributed by atoms with E-state index < -0.39 is 0 Å². The Morgan fingerprint density at radius 3 is 3.20 bits per heavy atom. The number of aliphatic hydroxyl groups excluding tert-OH is 1. The molecule has 15 heavy (non-hydrogen) atoms. The molecule has 82 valence electrons. The molecular weight excluding hydrogens is 212 g/mol. The van der Waals surface area contributed by atoms with Crippen LogP contribution in [0.15, 0.2) is 18.3 Å². The van der Waals surface area contributed by atoms with E-state index in [4.69, 9.17) is 16.7 Å². The summed E-state index contributed by atoms with van der Waals surface area (Å²) in [7, 11) is 0. The van der Waals surface area contributed by atoms with Crippen LogP contribution in [0, 0.1) is 5.92 Å². The predicted octanol–water partition coefficient (Wildman–Crippen LogP) is 1.94. The number of hydrogen-bond acceptors (Lipinski definition) is 3. The molecule has 0 aromatic carbocycles. The first kappa shape index (κ1) is 10.7. The zero-order valence-corrected chi connectivity index (χ0v) is 9.32. The Morgan fingerprint density at radius 1 is 1.60 bits per heavy atom. The third kappa shape index (κ3) is 2.61. The number of rotatable bonds is 2. The van der Waals surface area contributed by atoms with Crippen LogP contribution < -0.4 is 4.90 Å². The van der Waals surface area contributed by atoms with Crippen molar-refractivity contribution in [2.75, 3.05) is 24.6 Å². The lowest BCUT2D eigenvalue weighted by Gasteiger charge is -2.33. The van der Waals surface area contributed by atoms with Gasteiger partial charge in [0.25, 0.3) is 0 Å². The van der Waals surface area contributed by atoms with Crippen molar-refractivity contribution in [1.29, 1.82) is 0 Å². The fourth-order valence-electron chi connectivity index (χ4n) is 2.04. The highest BCUT2D eigenvalue weighted by Gasteiger charge is 2.19. The molecule has 4 heteroatoms. The summed E-state index contributed by atoms with van der Waals surface area (Å²) in [5.74, 6) is 0.394. The molecule has 3 nitrogen and oxygen atoms in total. The van der Waals surface area contributed by atoms with Gasteiger partial charge in [0.05, 0.1) is 0 Å². The van der Waals surface area contributed by atoms with E-state index in [1.54, 1.807) is 6.20 Å². The van der Waals surface area contributed by atoms with Gasteiger partial charge in [-0.1, -0.05) is 11.6 Å². The Kier molecular flexibility index (Phi) is 3.44. The topological polar surface area (TPSA) is 36.4 Å². The zero-order valence-electron chi connectivity index (χ0n) is 8.56. The highest BCUT2D eigenvalue weighted by atomic mass is 35.5. The Morgan fingerprint density at radius 2 is 2.47 bits per heavy atom. The summed E-state index contributed by atoms with van der Waals surface area (Å²) < 4.78 is 0. The molecule has 1 N–H and O–H groups in total. The molecule has 0 bridgehead atoms. The molecule has 1 atom stereocenters. The van der Waals surface area contributed by atoms with Crippen molar-refractivity contribution >= 4 is 17.3 Å². The fourth-order valence-corrected chi connectivity index (χ4v) is 2.21. The average Bonchev–Trinajstić information content (AvgIpc) is 2.29. The highest BCUT2D eigenvalue weighted by Crippen LogP contribution is 2.23. The van der Waals surface area contributed by atoms with Gasteiger partial charge in [-0.2, -0.15) is 0 Å². The summed E-state index contributed by atoms with van der Waals surface area (Å²) in [6, 6.07) is 3.84. The van der Waals surface area contributed by atoms with E-state index in [2.05, 4.69) is 9.88 Å². The van der Waals surface area contributed by atoms with E-state index >= 15 is 0 Å². The van der Waals surface area contributed by atoms with Crippen LogP contribution in [0.4, 0.5) is 5.69 Å². The van der Waals surface area contributed by atoms with Crippen LogP contribution in [0.2, 0.25) is 5.15 Å². The van der Waals surface area contributed by atoms with E-state index in [1.165, 1.54) is 0 Å². The Bertz CT molecular complexity index is 332. The maximum Gasteiger partial charge on any atom is 0.131 e. The van der Waals surface area contributed by atoms with E-state index in [1.807, 2.05) is 12.1 Å². The first-order valence-corrected chi connectivity index (χ1v) is 5.65. The first-order chi connectivity index (χ1) is 7.29. The molecule has 0 radical (unpaired) electrons. The van der Waals surface area contributed by atoms with Crippen molar-refractivity contribution in [2.45, 2.75) is 12.8 Å². The van der Waals surface area contributed by atoms with Gasteiger partial charge in [0.1, 0.15) is 5.15 Å². The van der Waals surface area contributed by atoms with Crippen molar-refractivity contribution in [3.63, 3.8) is 0 Å². The SMILES string of the molecule is OC[C@@H]1CCCN(c2ccnc(Cl)c2)C1. The minimum absolute atomic E-state index is 0.273. The lowest BCUT2D eigenvalue weighted by molar-refractivity contribution is 0.209. The van der Waals surface area contributed by atoms with Crippen LogP contribution in [0.5, 0.6) is 0 Å². The molecule has 0 amide bonds. The van der Waals surface area contributed by atoms with Crippen LogP contribution >= 0.6 is 11.6 Å². The Balaban J connectivity index is 2.09. The summed E-state index contributed by atoms with van der Waals surface area (Å²) in [6.45, 7) is 2.23. The predicted molar refractivity (Wildman–Crippen MR) is 61.3 cm³/mol. The number of nitrogens with zero attached hydrogens (tertiary/aromatic N) is 2. The van der Waals surface area contributed by atoms with Crippen LogP contribution in [-0.4, -0.2) is 29.8 Å². The summed E-state index contributed by atoms with van der Waals surface area (Å²) >= 11 is 5.85. The molecule has 1 aromatic heterocycles. The van der Waals surface area contributed by atoms with Crippen molar-refractivity contribution in [3.8, 4) is 0 Å². The second kappa shape index (κ2) is 4.81. The van der Waals surface area contributed by atoms with Crippen molar-refractivity contribution in [1.82, 2.24) is 4.98 Å². The molecule has 1 saturated heterocycles. The highest BCUT2D eigenvalue weighted by molar-refractivity contribution is 6.29. The van der Waals surface area contributed by atoms with Crippen molar-refractivity contribution in [2.24, 2.45) is 5.92 Å². The fraction of sp³-hybridized carbons (Fsp3) is 0.545. The zero-order chi connectivity index (χ0) is 10.7. The molecule has 2 heterocycles. The largest absolute Gasteiger partial charge is 0.396 e. The summed E-state index contributed by atoms with van der Waals surface area (Å²) in [5, 5.41) is 9.67. The van der Waals surface area contributed by atoms with Crippen molar-refractivity contribution in [3.05, 3.63) is 23.5 Å². The minimum Gasteiger partial charge on any atom is -0.396 e. The average molecular weight is 227 g/mol. The number of anilines is 1. The van der Waals surface area contributed by atoms with Gasteiger partial charge in [-0.3, -0.25) is 0 Å². The smallest absolute Gasteiger partial charge is 0.131 e. The third-order valence-electron chi connectivity index (χ3n) is 2.85. The van der Waals surface area contributed by atoms with Gasteiger partial charge in [0.2, 0.25) is 0 Å². The van der Waals surface area contributed by atoms with Crippen LogP contribution in [0.25, 0.3) is 0 Å². The molecule has 1 aliphatic rings. The van der Waals surface area contributed by atoms with Crippen LogP contribution in [0.3, 0.4) is 0 Å². The molecule has 1 fully saturated rings. The number of hydrogen-bond donors (Lipinski definition) is 1. The van der Waals surface area contributed by atoms with Crippen LogP contribution in [0.1, 0.15) is 12.8 Å². The molecule has 0 saturated carbocycles. The summed E-state index contributed by atoms with van der Waals surface area (Å²) in [5.41, 5.74) is 1.10. The lowest BCUT2D eigenvalue weighted by Crippen LogP contribution is -2.36. The lowest BCUT2D eigenvalue weighted by atomic mass is 9.99. The van der Waals surface area contributed by atoms with E-state index in [0.717, 1.165) is 31.6 Å². The van der Waals surface area contributed by atoms with E-state index in [-0.39, 0.29) is 6.61 Å². The Labute approximate surface area is 94.7 Å². The molecule has 1 aliphatic heterocycles. The van der Waals surface area contributed by atoms with Crippen LogP contribution in [-0.2, 0) is 0 Å². The maximum atomic E-state index is 9.15. The number of aromatic nitrogens is 1. The van der Waals surface area contributed by atoms with Gasteiger partial charge in [-0.05, 0) is 30.9 Å². The third-order valence-corrected chi connectivity index (χ3v) is 3.06. The molecule has 0 unspecified atom stereocenters. The standard InChI is InChI=1S/C11H15ClN2O/c12-11-6-10(3-4-13-11)14-5-1-2-9(7-14)8-15/h3-4,6,9,15H,1-2,5,7-8H2/t9-/m1/s1. The molecule has 2 rings (SSSR count). The molecule has 0 spiro atoms. The molecule has 0 aliphatic carbocycles. The van der Waals surface area contributed by atoms with Crippen molar-refractivity contribution < 1.29 is 5.11 Å². The van der Waals surface area contributed by atoms with Gasteiger partial charge in [0.15, 0.2) is 0 Å². The minimum atomic E-state index is 0.273. The second-order valence-electron chi connectivity index (χ2n) is 3.97. The maximum absolute atomic E-state index is 9.15. The van der Waals surface area contributed by atoms with E-state index in [9.17, 15) is 0 Å². The quantitative estimate of drug-likeness (QED) is 0.784. The first-order valence-electron chi connectivity index (χ1n) is 5.27. The van der Waals surface area contributed by atoms with Gasteiger partial charge >= 0.3 is 0 Å². The van der Waals surface area contributed by atoms with E-state index in [0.29, 0.717) is 11.1 Å². The monoisotopic (exact) mass is 226 g/mol. The Hall–Kier alpha value is -0.800. The number of aliphatic hydroxyl groups is 1.